The maximum atomic E-state index is 13.1. The van der Waals surface area contributed by atoms with E-state index < -0.39 is 0 Å². The molecule has 3 N–H and O–H groups in total. The summed E-state index contributed by atoms with van der Waals surface area (Å²) in [6.45, 7) is 1.72. The molecule has 2 amide bonds. The number of fused-ring (bicyclic) bond motifs is 1. The molecule has 2 unspecified atom stereocenters. The number of nitrogens with zero attached hydrogens (tertiary/aromatic N) is 2. The van der Waals surface area contributed by atoms with Gasteiger partial charge in [0, 0.05) is 65.1 Å². The molecule has 3 heterocycles. The van der Waals surface area contributed by atoms with Gasteiger partial charge in [0.05, 0.1) is 0 Å². The first kappa shape index (κ1) is 25.3. The number of nitrogens with one attached hydrogen (secondary N) is 3. The van der Waals surface area contributed by atoms with Gasteiger partial charge in [0.2, 0.25) is 5.91 Å². The highest BCUT2D eigenvalue weighted by atomic mass is 35.5. The smallest absolute Gasteiger partial charge is 0.268 e. The number of aromatic amines is 1. The Morgan fingerprint density at radius 2 is 1.63 bits per heavy atom. The van der Waals surface area contributed by atoms with Crippen LogP contribution in [-0.4, -0.2) is 47.0 Å². The number of benzene rings is 1. The van der Waals surface area contributed by atoms with Crippen molar-refractivity contribution in [3.63, 3.8) is 0 Å². The largest absolute Gasteiger partial charge is 0.371 e. The number of carbonyl (C=O) groups excluding carboxylic acids is 2. The first-order valence-corrected chi connectivity index (χ1v) is 12.5. The second-order valence-electron chi connectivity index (χ2n) is 9.36. The van der Waals surface area contributed by atoms with Gasteiger partial charge in [-0.15, -0.1) is 12.4 Å². The minimum absolute atomic E-state index is 0. The molecule has 3 aromatic rings. The molecule has 1 saturated carbocycles. The van der Waals surface area contributed by atoms with E-state index in [2.05, 4.69) is 25.5 Å². The van der Waals surface area contributed by atoms with Crippen molar-refractivity contribution in [1.29, 1.82) is 0 Å². The van der Waals surface area contributed by atoms with Crippen molar-refractivity contribution in [3.8, 4) is 0 Å². The molecule has 5 rings (SSSR count). The average Bonchev–Trinajstić information content (AvgIpc) is 3.29. The molecule has 2 atom stereocenters. The molecule has 1 saturated heterocycles. The SMILES string of the molecule is Cl.O=C(NC1CCCCC1NC(=O)C1CCN(c2ccncc2)CC1)c1cc2cc(Cl)ccc2[nH]1. The Labute approximate surface area is 216 Å². The van der Waals surface area contributed by atoms with E-state index in [1.54, 1.807) is 18.5 Å². The van der Waals surface area contributed by atoms with E-state index in [9.17, 15) is 9.59 Å². The highest BCUT2D eigenvalue weighted by Gasteiger charge is 2.32. The summed E-state index contributed by atoms with van der Waals surface area (Å²) in [5.41, 5.74) is 2.54. The lowest BCUT2D eigenvalue weighted by molar-refractivity contribution is -0.126. The second-order valence-corrected chi connectivity index (χ2v) is 9.80. The Balaban J connectivity index is 0.00000289. The average molecular weight is 516 g/mol. The molecule has 2 aliphatic rings. The molecule has 9 heteroatoms. The van der Waals surface area contributed by atoms with Crippen LogP contribution in [0.15, 0.2) is 48.8 Å². The number of rotatable bonds is 5. The Morgan fingerprint density at radius 1 is 0.943 bits per heavy atom. The number of halogens is 2. The van der Waals surface area contributed by atoms with E-state index in [0.29, 0.717) is 10.7 Å². The lowest BCUT2D eigenvalue weighted by Gasteiger charge is -2.36. The van der Waals surface area contributed by atoms with Gasteiger partial charge in [0.15, 0.2) is 0 Å². The Morgan fingerprint density at radius 3 is 2.34 bits per heavy atom. The van der Waals surface area contributed by atoms with E-state index in [0.717, 1.165) is 68.2 Å². The molecular formula is C26H31Cl2N5O2. The standard InChI is InChI=1S/C26H30ClN5O2.ClH/c27-19-5-6-21-18(15-19)16-24(29-21)26(34)31-23-4-2-1-3-22(23)30-25(33)17-9-13-32(14-10-17)20-7-11-28-12-8-20;/h5-8,11-12,15-17,22-23,29H,1-4,9-10,13-14H2,(H,30,33)(H,31,34);1H. The fraction of sp³-hybridized carbons (Fsp3) is 0.423. The van der Waals surface area contributed by atoms with Crippen LogP contribution in [0.5, 0.6) is 0 Å². The van der Waals surface area contributed by atoms with E-state index in [1.807, 2.05) is 30.3 Å². The maximum Gasteiger partial charge on any atom is 0.268 e. The summed E-state index contributed by atoms with van der Waals surface area (Å²) in [4.78, 5) is 35.6. The summed E-state index contributed by atoms with van der Waals surface area (Å²) < 4.78 is 0. The Hall–Kier alpha value is -2.77. The zero-order valence-electron chi connectivity index (χ0n) is 19.5. The Bertz CT molecular complexity index is 1160. The first-order chi connectivity index (χ1) is 16.6. The number of pyridine rings is 1. The molecule has 1 aliphatic heterocycles. The second kappa shape index (κ2) is 11.3. The van der Waals surface area contributed by atoms with Crippen LogP contribution in [0.1, 0.15) is 49.0 Å². The van der Waals surface area contributed by atoms with Crippen molar-refractivity contribution in [2.45, 2.75) is 50.6 Å². The molecule has 35 heavy (non-hydrogen) atoms. The minimum Gasteiger partial charge on any atom is -0.371 e. The van der Waals surface area contributed by atoms with Gasteiger partial charge >= 0.3 is 0 Å². The van der Waals surface area contributed by atoms with Gasteiger partial charge in [0.1, 0.15) is 5.69 Å². The summed E-state index contributed by atoms with van der Waals surface area (Å²) in [7, 11) is 0. The number of hydrogen-bond acceptors (Lipinski definition) is 4. The number of H-pyrrole nitrogens is 1. The van der Waals surface area contributed by atoms with Gasteiger partial charge in [-0.25, -0.2) is 0 Å². The third-order valence-corrected chi connectivity index (χ3v) is 7.37. The van der Waals surface area contributed by atoms with Crippen LogP contribution < -0.4 is 15.5 Å². The van der Waals surface area contributed by atoms with Gasteiger partial charge < -0.3 is 20.5 Å². The molecule has 0 spiro atoms. The molecule has 1 aliphatic carbocycles. The predicted octanol–water partition coefficient (Wildman–Crippen LogP) is 4.71. The van der Waals surface area contributed by atoms with Gasteiger partial charge in [-0.3, -0.25) is 14.6 Å². The summed E-state index contributed by atoms with van der Waals surface area (Å²) in [6, 6.07) is 11.3. The minimum atomic E-state index is -0.149. The van der Waals surface area contributed by atoms with Crippen LogP contribution >= 0.6 is 24.0 Å². The fourth-order valence-corrected chi connectivity index (χ4v) is 5.38. The quantitative estimate of drug-likeness (QED) is 0.458. The molecule has 7 nitrogen and oxygen atoms in total. The number of piperidine rings is 1. The number of hydrogen-bond donors (Lipinski definition) is 3. The zero-order valence-corrected chi connectivity index (χ0v) is 21.1. The Kier molecular flexibility index (Phi) is 8.19. The molecule has 2 aromatic heterocycles. The topological polar surface area (TPSA) is 90.1 Å². The fourth-order valence-electron chi connectivity index (χ4n) is 5.20. The van der Waals surface area contributed by atoms with Crippen LogP contribution in [0.25, 0.3) is 10.9 Å². The molecule has 0 radical (unpaired) electrons. The van der Waals surface area contributed by atoms with Crippen molar-refractivity contribution >= 4 is 52.4 Å². The zero-order chi connectivity index (χ0) is 23.5. The number of anilines is 1. The van der Waals surface area contributed by atoms with Gasteiger partial charge in [-0.05, 0) is 62.1 Å². The van der Waals surface area contributed by atoms with Crippen molar-refractivity contribution in [2.75, 3.05) is 18.0 Å². The molecule has 2 fully saturated rings. The number of carbonyl (C=O) groups is 2. The van der Waals surface area contributed by atoms with Crippen molar-refractivity contribution in [2.24, 2.45) is 5.92 Å². The number of aromatic nitrogens is 2. The monoisotopic (exact) mass is 515 g/mol. The van der Waals surface area contributed by atoms with E-state index >= 15 is 0 Å². The van der Waals surface area contributed by atoms with E-state index in [4.69, 9.17) is 11.6 Å². The third kappa shape index (κ3) is 5.90. The highest BCUT2D eigenvalue weighted by molar-refractivity contribution is 6.31. The van der Waals surface area contributed by atoms with Crippen molar-refractivity contribution < 1.29 is 9.59 Å². The summed E-state index contributed by atoms with van der Waals surface area (Å²) in [5.74, 6) is -0.0280. The molecular weight excluding hydrogens is 485 g/mol. The van der Waals surface area contributed by atoms with Crippen LogP contribution in [0, 0.1) is 5.92 Å². The van der Waals surface area contributed by atoms with Gasteiger partial charge in [-0.1, -0.05) is 24.4 Å². The lowest BCUT2D eigenvalue weighted by atomic mass is 9.88. The molecule has 1 aromatic carbocycles. The van der Waals surface area contributed by atoms with Crippen LogP contribution in [-0.2, 0) is 4.79 Å². The predicted molar refractivity (Wildman–Crippen MR) is 141 cm³/mol. The van der Waals surface area contributed by atoms with Crippen LogP contribution in [0.4, 0.5) is 5.69 Å². The lowest BCUT2D eigenvalue weighted by Crippen LogP contribution is -2.55. The maximum absolute atomic E-state index is 13.1. The highest BCUT2D eigenvalue weighted by Crippen LogP contribution is 2.25. The number of amides is 2. The summed E-state index contributed by atoms with van der Waals surface area (Å²) in [5, 5.41) is 7.99. The molecule has 186 valence electrons. The van der Waals surface area contributed by atoms with Crippen molar-refractivity contribution in [3.05, 3.63) is 59.5 Å². The summed E-state index contributed by atoms with van der Waals surface area (Å²) >= 11 is 6.07. The van der Waals surface area contributed by atoms with Crippen molar-refractivity contribution in [1.82, 2.24) is 20.6 Å². The first-order valence-electron chi connectivity index (χ1n) is 12.1. The normalized spacial score (nSPS) is 20.8. The summed E-state index contributed by atoms with van der Waals surface area (Å²) in [6.07, 6.45) is 9.11. The van der Waals surface area contributed by atoms with Crippen LogP contribution in [0.2, 0.25) is 5.02 Å². The van der Waals surface area contributed by atoms with Gasteiger partial charge in [-0.2, -0.15) is 0 Å². The molecule has 0 bridgehead atoms. The van der Waals surface area contributed by atoms with E-state index in [1.165, 1.54) is 0 Å². The van der Waals surface area contributed by atoms with E-state index in [-0.39, 0.29) is 42.2 Å². The van der Waals surface area contributed by atoms with Crippen LogP contribution in [0.3, 0.4) is 0 Å². The third-order valence-electron chi connectivity index (χ3n) is 7.13. The van der Waals surface area contributed by atoms with Gasteiger partial charge in [0.25, 0.3) is 5.91 Å².